The Kier molecular flexibility index (Phi) is 6.77. The van der Waals surface area contributed by atoms with Crippen molar-refractivity contribution in [1.29, 1.82) is 0 Å². The van der Waals surface area contributed by atoms with Crippen LogP contribution in [0.2, 0.25) is 0 Å². The molecule has 4 rings (SSSR count). The van der Waals surface area contributed by atoms with Gasteiger partial charge in [-0.25, -0.2) is 9.97 Å². The van der Waals surface area contributed by atoms with Crippen molar-refractivity contribution in [1.82, 2.24) is 19.9 Å². The first-order chi connectivity index (χ1) is 15.7. The molecule has 164 valence electrons. The Morgan fingerprint density at radius 2 is 1.78 bits per heavy atom. The van der Waals surface area contributed by atoms with Gasteiger partial charge in [-0.3, -0.25) is 4.79 Å². The summed E-state index contributed by atoms with van der Waals surface area (Å²) in [6.07, 6.45) is 1.41. The number of benzene rings is 2. The van der Waals surface area contributed by atoms with Gasteiger partial charge in [-0.05, 0) is 43.4 Å². The highest BCUT2D eigenvalue weighted by atomic mass is 16.5. The molecule has 32 heavy (non-hydrogen) atoms. The average molecular weight is 430 g/mol. The van der Waals surface area contributed by atoms with Crippen LogP contribution >= 0.6 is 0 Å². The lowest BCUT2D eigenvalue weighted by Crippen LogP contribution is -2.27. The van der Waals surface area contributed by atoms with Gasteiger partial charge in [0, 0.05) is 17.8 Å². The maximum absolute atomic E-state index is 12.5. The summed E-state index contributed by atoms with van der Waals surface area (Å²) in [5.41, 5.74) is 2.86. The van der Waals surface area contributed by atoms with E-state index in [0.29, 0.717) is 23.3 Å². The van der Waals surface area contributed by atoms with E-state index in [2.05, 4.69) is 34.0 Å². The van der Waals surface area contributed by atoms with Gasteiger partial charge in [0.25, 0.3) is 5.56 Å². The molecule has 7 nitrogen and oxygen atoms in total. The number of pyridine rings is 1. The highest BCUT2D eigenvalue weighted by Crippen LogP contribution is 2.27. The molecule has 4 aromatic rings. The first-order valence-corrected chi connectivity index (χ1v) is 10.8. The van der Waals surface area contributed by atoms with Crippen molar-refractivity contribution in [3.05, 3.63) is 77.3 Å². The topological polar surface area (TPSA) is 83.1 Å². The molecule has 0 radical (unpaired) electrons. The SMILES string of the molecule is CCN(CC)CCOc1ccc(Nc2nc(-c3ccccc3)cc3nc[nH]c(=O)c23)cc1. The number of nitrogens with zero attached hydrogens (tertiary/aromatic N) is 3. The molecule has 0 bridgehead atoms. The maximum Gasteiger partial charge on any atom is 0.262 e. The lowest BCUT2D eigenvalue weighted by Gasteiger charge is -2.18. The van der Waals surface area contributed by atoms with Crippen molar-refractivity contribution in [2.45, 2.75) is 13.8 Å². The maximum atomic E-state index is 12.5. The van der Waals surface area contributed by atoms with Crippen LogP contribution in [0, 0.1) is 0 Å². The normalized spacial score (nSPS) is 11.1. The minimum atomic E-state index is -0.235. The van der Waals surface area contributed by atoms with Crippen LogP contribution in [0.15, 0.2) is 71.8 Å². The van der Waals surface area contributed by atoms with Crippen LogP contribution in [0.5, 0.6) is 5.75 Å². The standard InChI is InChI=1S/C25H27N5O2/c1-3-30(4-2)14-15-32-20-12-10-19(11-13-20)28-24-23-22(26-17-27-25(23)31)16-21(29-24)18-8-6-5-7-9-18/h5-13,16-17H,3-4,14-15H2,1-2H3,(H,28,29)(H,26,27,31). The van der Waals surface area contributed by atoms with Crippen LogP contribution in [0.25, 0.3) is 22.2 Å². The number of likely N-dealkylation sites (N-methyl/N-ethyl adjacent to an activating group) is 1. The Morgan fingerprint density at radius 3 is 2.50 bits per heavy atom. The molecule has 0 amide bonds. The van der Waals surface area contributed by atoms with Crippen molar-refractivity contribution < 1.29 is 4.74 Å². The van der Waals surface area contributed by atoms with Gasteiger partial charge < -0.3 is 19.9 Å². The van der Waals surface area contributed by atoms with E-state index in [-0.39, 0.29) is 5.56 Å². The summed E-state index contributed by atoms with van der Waals surface area (Å²) in [4.78, 5) is 26.5. The van der Waals surface area contributed by atoms with E-state index < -0.39 is 0 Å². The summed E-state index contributed by atoms with van der Waals surface area (Å²) in [6, 6.07) is 19.3. The van der Waals surface area contributed by atoms with Crippen molar-refractivity contribution in [2.24, 2.45) is 0 Å². The Balaban J connectivity index is 1.58. The first-order valence-electron chi connectivity index (χ1n) is 10.8. The van der Waals surface area contributed by atoms with Gasteiger partial charge in [0.1, 0.15) is 23.6 Å². The third kappa shape index (κ3) is 4.95. The predicted octanol–water partition coefficient (Wildman–Crippen LogP) is 4.45. The van der Waals surface area contributed by atoms with E-state index in [0.717, 1.165) is 42.3 Å². The van der Waals surface area contributed by atoms with E-state index in [1.165, 1.54) is 6.33 Å². The molecule has 2 aromatic carbocycles. The second-order valence-corrected chi connectivity index (χ2v) is 7.37. The lowest BCUT2D eigenvalue weighted by atomic mass is 10.1. The largest absolute Gasteiger partial charge is 0.492 e. The highest BCUT2D eigenvalue weighted by molar-refractivity contribution is 5.92. The van der Waals surface area contributed by atoms with E-state index in [9.17, 15) is 4.79 Å². The minimum absolute atomic E-state index is 0.235. The average Bonchev–Trinajstić information content (AvgIpc) is 2.83. The molecule has 2 N–H and O–H groups in total. The Morgan fingerprint density at radius 1 is 1.03 bits per heavy atom. The molecular weight excluding hydrogens is 402 g/mol. The molecule has 2 aromatic heterocycles. The quantitative estimate of drug-likeness (QED) is 0.409. The molecule has 0 fully saturated rings. The third-order valence-corrected chi connectivity index (χ3v) is 5.38. The number of hydrogen-bond donors (Lipinski definition) is 2. The lowest BCUT2D eigenvalue weighted by molar-refractivity contribution is 0.223. The number of fused-ring (bicyclic) bond motifs is 1. The van der Waals surface area contributed by atoms with Crippen LogP contribution in [-0.2, 0) is 0 Å². The number of anilines is 2. The Labute approximate surface area is 187 Å². The third-order valence-electron chi connectivity index (χ3n) is 5.38. The minimum Gasteiger partial charge on any atom is -0.492 e. The number of ether oxygens (including phenoxy) is 1. The molecule has 0 spiro atoms. The number of rotatable bonds is 9. The summed E-state index contributed by atoms with van der Waals surface area (Å²) in [7, 11) is 0. The summed E-state index contributed by atoms with van der Waals surface area (Å²) in [5.74, 6) is 1.27. The molecule has 0 saturated carbocycles. The highest BCUT2D eigenvalue weighted by Gasteiger charge is 2.12. The van der Waals surface area contributed by atoms with Crippen molar-refractivity contribution in [2.75, 3.05) is 31.6 Å². The second kappa shape index (κ2) is 10.1. The van der Waals surface area contributed by atoms with Crippen LogP contribution in [-0.4, -0.2) is 46.1 Å². The molecular formula is C25H27N5O2. The van der Waals surface area contributed by atoms with E-state index >= 15 is 0 Å². The fraction of sp³-hybridized carbons (Fsp3) is 0.240. The van der Waals surface area contributed by atoms with Gasteiger partial charge in [0.2, 0.25) is 0 Å². The van der Waals surface area contributed by atoms with Crippen molar-refractivity contribution in [3.63, 3.8) is 0 Å². The molecule has 0 unspecified atom stereocenters. The van der Waals surface area contributed by atoms with Crippen molar-refractivity contribution >= 4 is 22.4 Å². The molecule has 0 aliphatic rings. The summed E-state index contributed by atoms with van der Waals surface area (Å²) < 4.78 is 5.86. The van der Waals surface area contributed by atoms with Gasteiger partial charge in [-0.1, -0.05) is 44.2 Å². The van der Waals surface area contributed by atoms with Gasteiger partial charge in [-0.2, -0.15) is 0 Å². The summed E-state index contributed by atoms with van der Waals surface area (Å²) >= 11 is 0. The van der Waals surface area contributed by atoms with Gasteiger partial charge >= 0.3 is 0 Å². The molecule has 7 heteroatoms. The number of H-pyrrole nitrogens is 1. The smallest absolute Gasteiger partial charge is 0.262 e. The number of aromatic nitrogens is 3. The number of nitrogens with one attached hydrogen (secondary N) is 2. The number of hydrogen-bond acceptors (Lipinski definition) is 6. The van der Waals surface area contributed by atoms with Crippen molar-refractivity contribution in [3.8, 4) is 17.0 Å². The fourth-order valence-electron chi connectivity index (χ4n) is 3.54. The Hall–Kier alpha value is -3.71. The fourth-order valence-corrected chi connectivity index (χ4v) is 3.54. The molecule has 2 heterocycles. The summed E-state index contributed by atoms with van der Waals surface area (Å²) in [5, 5.41) is 3.71. The van der Waals surface area contributed by atoms with Crippen LogP contribution in [0.4, 0.5) is 11.5 Å². The monoisotopic (exact) mass is 429 g/mol. The van der Waals surface area contributed by atoms with E-state index in [4.69, 9.17) is 9.72 Å². The first kappa shape index (κ1) is 21.5. The van der Waals surface area contributed by atoms with Gasteiger partial charge in [0.05, 0.1) is 17.5 Å². The predicted molar refractivity (Wildman–Crippen MR) is 129 cm³/mol. The van der Waals surface area contributed by atoms with Crippen LogP contribution in [0.3, 0.4) is 0 Å². The van der Waals surface area contributed by atoms with Gasteiger partial charge in [-0.15, -0.1) is 0 Å². The molecule has 0 atom stereocenters. The zero-order chi connectivity index (χ0) is 22.3. The van der Waals surface area contributed by atoms with Gasteiger partial charge in [0.15, 0.2) is 0 Å². The zero-order valence-corrected chi connectivity index (χ0v) is 18.3. The molecule has 0 saturated heterocycles. The van der Waals surface area contributed by atoms with Crippen LogP contribution < -0.4 is 15.6 Å². The second-order valence-electron chi connectivity index (χ2n) is 7.37. The number of aromatic amines is 1. The van der Waals surface area contributed by atoms with E-state index in [1.807, 2.05) is 60.7 Å². The van der Waals surface area contributed by atoms with E-state index in [1.54, 1.807) is 0 Å². The zero-order valence-electron chi connectivity index (χ0n) is 18.3. The molecule has 0 aliphatic carbocycles. The summed E-state index contributed by atoms with van der Waals surface area (Å²) in [6.45, 7) is 7.86. The Bertz CT molecular complexity index is 1220. The molecule has 0 aliphatic heterocycles. The van der Waals surface area contributed by atoms with Crippen LogP contribution in [0.1, 0.15) is 13.8 Å².